The molecule has 4 aliphatic rings. The lowest BCUT2D eigenvalue weighted by atomic mass is 9.71. The van der Waals surface area contributed by atoms with E-state index in [0.717, 1.165) is 24.3 Å². The number of aliphatic hydroxyl groups excluding tert-OH is 1. The second-order valence-electron chi connectivity index (χ2n) is 6.99. The summed E-state index contributed by atoms with van der Waals surface area (Å²) in [5.74, 6) is 1.68. The molecular formula is C15H26N2O. The van der Waals surface area contributed by atoms with Crippen LogP contribution in [0.5, 0.6) is 0 Å². The fraction of sp³-hybridized carbons (Fsp3) is 1.00. The Labute approximate surface area is 110 Å². The summed E-state index contributed by atoms with van der Waals surface area (Å²) in [7, 11) is 0. The summed E-state index contributed by atoms with van der Waals surface area (Å²) in [4.78, 5) is 5.26. The maximum atomic E-state index is 10.3. The van der Waals surface area contributed by atoms with Crippen LogP contribution in [0.15, 0.2) is 0 Å². The SMILES string of the molecule is OC1CCC[C@H]2C3CC(CN12)[C@H]1CCCCN1C3. The largest absolute Gasteiger partial charge is 0.378 e. The van der Waals surface area contributed by atoms with Crippen LogP contribution in [0.4, 0.5) is 0 Å². The Balaban J connectivity index is 1.58. The zero-order valence-corrected chi connectivity index (χ0v) is 11.3. The highest BCUT2D eigenvalue weighted by atomic mass is 16.3. The van der Waals surface area contributed by atoms with Gasteiger partial charge in [-0.3, -0.25) is 9.80 Å². The van der Waals surface area contributed by atoms with Crippen LogP contribution < -0.4 is 0 Å². The van der Waals surface area contributed by atoms with Gasteiger partial charge in [0.05, 0.1) is 0 Å². The van der Waals surface area contributed by atoms with Crippen molar-refractivity contribution in [2.45, 2.75) is 63.3 Å². The van der Waals surface area contributed by atoms with Gasteiger partial charge in [-0.2, -0.15) is 0 Å². The number of hydrogen-bond donors (Lipinski definition) is 1. The second-order valence-corrected chi connectivity index (χ2v) is 6.99. The van der Waals surface area contributed by atoms with Crippen LogP contribution in [-0.4, -0.2) is 52.9 Å². The summed E-state index contributed by atoms with van der Waals surface area (Å²) in [6.45, 7) is 3.82. The van der Waals surface area contributed by atoms with E-state index in [9.17, 15) is 5.11 Å². The average molecular weight is 250 g/mol. The number of rotatable bonds is 0. The summed E-state index contributed by atoms with van der Waals surface area (Å²) in [5.41, 5.74) is 0. The minimum absolute atomic E-state index is 0.135. The smallest absolute Gasteiger partial charge is 0.107 e. The molecular weight excluding hydrogens is 224 g/mol. The van der Waals surface area contributed by atoms with Crippen molar-refractivity contribution in [3.63, 3.8) is 0 Å². The van der Waals surface area contributed by atoms with Crippen molar-refractivity contribution >= 4 is 0 Å². The molecule has 0 aliphatic carbocycles. The molecule has 0 spiro atoms. The summed E-state index contributed by atoms with van der Waals surface area (Å²) < 4.78 is 0. The minimum atomic E-state index is -0.135. The molecule has 0 aromatic heterocycles. The Bertz CT molecular complexity index is 322. The molecule has 4 aliphatic heterocycles. The quantitative estimate of drug-likeness (QED) is 0.708. The fourth-order valence-corrected chi connectivity index (χ4v) is 5.27. The molecule has 3 heteroatoms. The Morgan fingerprint density at radius 1 is 0.833 bits per heavy atom. The van der Waals surface area contributed by atoms with Crippen molar-refractivity contribution < 1.29 is 5.11 Å². The van der Waals surface area contributed by atoms with Gasteiger partial charge in [0.1, 0.15) is 6.23 Å². The Morgan fingerprint density at radius 3 is 2.61 bits per heavy atom. The van der Waals surface area contributed by atoms with E-state index >= 15 is 0 Å². The van der Waals surface area contributed by atoms with Crippen LogP contribution in [0.25, 0.3) is 0 Å². The van der Waals surface area contributed by atoms with Gasteiger partial charge in [0, 0.05) is 25.2 Å². The van der Waals surface area contributed by atoms with E-state index < -0.39 is 0 Å². The molecule has 0 saturated carbocycles. The molecule has 0 aromatic rings. The van der Waals surface area contributed by atoms with Crippen LogP contribution in [-0.2, 0) is 0 Å². The van der Waals surface area contributed by atoms with E-state index in [0.29, 0.717) is 6.04 Å². The first-order chi connectivity index (χ1) is 8.83. The van der Waals surface area contributed by atoms with Gasteiger partial charge in [-0.15, -0.1) is 0 Å². The minimum Gasteiger partial charge on any atom is -0.378 e. The molecule has 1 N–H and O–H groups in total. The summed E-state index contributed by atoms with van der Waals surface area (Å²) in [6, 6.07) is 1.53. The van der Waals surface area contributed by atoms with Crippen LogP contribution in [0.2, 0.25) is 0 Å². The summed E-state index contributed by atoms with van der Waals surface area (Å²) >= 11 is 0. The third-order valence-electron chi connectivity index (χ3n) is 6.04. The second kappa shape index (κ2) is 4.46. The average Bonchev–Trinajstić information content (AvgIpc) is 2.40. The molecule has 3 nitrogen and oxygen atoms in total. The van der Waals surface area contributed by atoms with Crippen LogP contribution >= 0.6 is 0 Å². The summed E-state index contributed by atoms with van der Waals surface area (Å²) in [5, 5.41) is 10.3. The number of fused-ring (bicyclic) bond motifs is 6. The van der Waals surface area contributed by atoms with Crippen molar-refractivity contribution in [2.75, 3.05) is 19.6 Å². The van der Waals surface area contributed by atoms with Crippen LogP contribution in [0.3, 0.4) is 0 Å². The fourth-order valence-electron chi connectivity index (χ4n) is 5.27. The van der Waals surface area contributed by atoms with Crippen molar-refractivity contribution in [3.8, 4) is 0 Å². The predicted octanol–water partition coefficient (Wildman–Crippen LogP) is 1.66. The number of nitrogens with zero attached hydrogens (tertiary/aromatic N) is 2. The van der Waals surface area contributed by atoms with Gasteiger partial charge in [-0.1, -0.05) is 6.42 Å². The maximum absolute atomic E-state index is 10.3. The first-order valence-corrected chi connectivity index (χ1v) is 8.01. The third kappa shape index (κ3) is 1.75. The van der Waals surface area contributed by atoms with Crippen molar-refractivity contribution in [3.05, 3.63) is 0 Å². The zero-order chi connectivity index (χ0) is 12.1. The molecule has 4 saturated heterocycles. The van der Waals surface area contributed by atoms with Gasteiger partial charge in [0.25, 0.3) is 0 Å². The molecule has 0 amide bonds. The lowest BCUT2D eigenvalue weighted by Crippen LogP contribution is -2.65. The first kappa shape index (κ1) is 11.7. The zero-order valence-electron chi connectivity index (χ0n) is 11.3. The van der Waals surface area contributed by atoms with Crippen LogP contribution in [0.1, 0.15) is 44.9 Å². The highest BCUT2D eigenvalue weighted by Crippen LogP contribution is 2.43. The molecule has 2 bridgehead atoms. The van der Waals surface area contributed by atoms with E-state index in [1.807, 2.05) is 0 Å². The molecule has 3 unspecified atom stereocenters. The normalized spacial score (nSPS) is 49.5. The highest BCUT2D eigenvalue weighted by Gasteiger charge is 2.48. The van der Waals surface area contributed by atoms with Gasteiger partial charge in [-0.25, -0.2) is 0 Å². The van der Waals surface area contributed by atoms with Gasteiger partial charge in [0.2, 0.25) is 0 Å². The molecule has 102 valence electrons. The number of piperidine rings is 4. The summed E-state index contributed by atoms with van der Waals surface area (Å²) in [6.07, 6.45) is 9.11. The Morgan fingerprint density at radius 2 is 1.67 bits per heavy atom. The standard InChI is InChI=1S/C15H26N2O/c18-15-6-3-5-14-11-8-12(10-17(14)15)13-4-1-2-7-16(13)9-11/h11-15,18H,1-10H2/t11?,12?,13-,14+,15?/m1/s1. The molecule has 4 heterocycles. The molecule has 4 fully saturated rings. The monoisotopic (exact) mass is 250 g/mol. The van der Waals surface area contributed by atoms with Crippen molar-refractivity contribution in [2.24, 2.45) is 11.8 Å². The lowest BCUT2D eigenvalue weighted by molar-refractivity contribution is -0.140. The first-order valence-electron chi connectivity index (χ1n) is 8.01. The molecule has 4 rings (SSSR count). The number of aliphatic hydroxyl groups is 1. The van der Waals surface area contributed by atoms with Gasteiger partial charge in [0.15, 0.2) is 0 Å². The third-order valence-corrected chi connectivity index (χ3v) is 6.04. The van der Waals surface area contributed by atoms with Crippen molar-refractivity contribution in [1.29, 1.82) is 0 Å². The molecule has 0 radical (unpaired) electrons. The van der Waals surface area contributed by atoms with Gasteiger partial charge < -0.3 is 5.11 Å². The maximum Gasteiger partial charge on any atom is 0.107 e. The van der Waals surface area contributed by atoms with Crippen molar-refractivity contribution in [1.82, 2.24) is 9.80 Å². The van der Waals surface area contributed by atoms with E-state index in [-0.39, 0.29) is 6.23 Å². The lowest BCUT2D eigenvalue weighted by Gasteiger charge is -2.58. The van der Waals surface area contributed by atoms with E-state index in [1.165, 1.54) is 58.2 Å². The Kier molecular flexibility index (Phi) is 2.90. The van der Waals surface area contributed by atoms with E-state index in [4.69, 9.17) is 0 Å². The van der Waals surface area contributed by atoms with Gasteiger partial charge >= 0.3 is 0 Å². The van der Waals surface area contributed by atoms with Gasteiger partial charge in [-0.05, 0) is 56.9 Å². The molecule has 0 aromatic carbocycles. The molecule has 18 heavy (non-hydrogen) atoms. The Hall–Kier alpha value is -0.120. The van der Waals surface area contributed by atoms with E-state index in [1.54, 1.807) is 0 Å². The number of hydrogen-bond acceptors (Lipinski definition) is 3. The highest BCUT2D eigenvalue weighted by molar-refractivity contribution is 5.01. The molecule has 5 atom stereocenters. The topological polar surface area (TPSA) is 26.7 Å². The van der Waals surface area contributed by atoms with E-state index in [2.05, 4.69) is 9.80 Å². The van der Waals surface area contributed by atoms with Crippen LogP contribution in [0, 0.1) is 11.8 Å². The predicted molar refractivity (Wildman–Crippen MR) is 71.2 cm³/mol.